The maximum absolute atomic E-state index is 12.1. The maximum Gasteiger partial charge on any atom is 0.317 e. The molecule has 376 valence electrons. The molecule has 0 bridgehead atoms. The van der Waals surface area contributed by atoms with Crippen LogP contribution in [0.2, 0.25) is 0 Å². The topological polar surface area (TPSA) is 203 Å². The lowest BCUT2D eigenvalue weighted by Crippen LogP contribution is -2.20. The van der Waals surface area contributed by atoms with E-state index in [0.29, 0.717) is 16.8 Å². The number of aliphatic carboxylic acids is 1. The molecule has 8 heterocycles. The number of alkyl halides is 4. The van der Waals surface area contributed by atoms with E-state index in [-0.39, 0.29) is 32.2 Å². The van der Waals surface area contributed by atoms with Crippen molar-refractivity contribution in [1.29, 1.82) is 0 Å². The van der Waals surface area contributed by atoms with E-state index in [0.717, 1.165) is 64.0 Å². The Bertz CT molecular complexity index is 2690. The van der Waals surface area contributed by atoms with Crippen LogP contribution in [0.4, 0.5) is 18.9 Å². The number of nitrogens with zero attached hydrogens (tertiary/aromatic N) is 8. The Morgan fingerprint density at radius 3 is 1.71 bits per heavy atom. The van der Waals surface area contributed by atoms with Crippen molar-refractivity contribution < 1.29 is 37.7 Å². The highest BCUT2D eigenvalue weighted by molar-refractivity contribution is 9.11. The van der Waals surface area contributed by atoms with Crippen LogP contribution in [0.15, 0.2) is 124 Å². The van der Waals surface area contributed by atoms with Crippen LogP contribution in [0.1, 0.15) is 22.3 Å². The Hall–Kier alpha value is -5.68. The second kappa shape index (κ2) is 33.8. The first-order valence-corrected chi connectivity index (χ1v) is 24.4. The van der Waals surface area contributed by atoms with Crippen LogP contribution in [-0.2, 0) is 4.79 Å². The molecule has 0 saturated heterocycles. The number of aryl methyl sites for hydroxylation is 4. The monoisotopic (exact) mass is 1220 g/mol. The minimum Gasteiger partial charge on any atom is -0.506 e. The van der Waals surface area contributed by atoms with Crippen molar-refractivity contribution in [2.45, 2.75) is 27.7 Å². The van der Waals surface area contributed by atoms with Gasteiger partial charge in [-0.1, -0.05) is 15.9 Å². The summed E-state index contributed by atoms with van der Waals surface area (Å²) in [5.74, 6) is 1.48. The van der Waals surface area contributed by atoms with Crippen molar-refractivity contribution in [2.24, 2.45) is 0 Å². The number of H-pyrrole nitrogens is 1. The number of pyridine rings is 6. The number of nitrogens with one attached hydrogen (secondary N) is 1. The Morgan fingerprint density at radius 2 is 1.24 bits per heavy atom. The number of likely N-dealkylation sites (N-methyl/N-ethyl adjacent to an activating group) is 1. The van der Waals surface area contributed by atoms with Gasteiger partial charge in [0.1, 0.15) is 63.4 Å². The molecule has 0 atom stereocenters. The molecule has 0 aromatic carbocycles. The third-order valence-corrected chi connectivity index (χ3v) is 10.1. The Balaban J connectivity index is 0.000000295. The van der Waals surface area contributed by atoms with E-state index in [9.17, 15) is 18.0 Å². The molecule has 8 aromatic heterocycles. The number of carboxylic acids is 1. The van der Waals surface area contributed by atoms with Gasteiger partial charge in [-0.25, -0.2) is 28.7 Å². The van der Waals surface area contributed by atoms with Gasteiger partial charge in [0.15, 0.2) is 0 Å². The van der Waals surface area contributed by atoms with Gasteiger partial charge >= 0.3 is 5.97 Å². The van der Waals surface area contributed by atoms with Gasteiger partial charge < -0.3 is 30.4 Å². The number of rotatable bonds is 10. The summed E-state index contributed by atoms with van der Waals surface area (Å²) in [5, 5.41) is 19.8. The summed E-state index contributed by atoms with van der Waals surface area (Å²) in [6.07, 6.45) is 17.3. The molecule has 0 aliphatic heterocycles. The number of nitrogens with two attached hydrogens (primary N) is 1. The number of nitrogen functional groups attached to an aromatic ring is 1. The molecule has 0 saturated carbocycles. The second-order valence-electron chi connectivity index (χ2n) is 14.4. The minimum absolute atomic E-state index is 0.0538. The standard InChI is InChI=1S/C15H14FN3O.C8H9BrFNO.C7H6N2.C6H7BrN2.C6H6BrNO.C4H9NO2.C2H4BrF/c1-11-8-15(18-10-14(11)20-7-4-16)19-6-3-12-2-5-17-9-13(12)19;1-6-4-8(9)11-5-7(6)12-3-2-10;1-3-8-5-7-6(1)2-4-9-7;1-4-2-6(7)9-3-5(4)8;1-4-2-6(7)8-3-5(4)9;1-5(2)3-4(6)7;3-1-2-4/h2-3,5-6,8-10H,4,7H2,1H3;4-5H,2-3H2,1H3;1-5,9H;2-3H,8H2,1H3;2-3,9H,1H3;3H2,1-2H3,(H,6,7);1-2H2. The number of carbonyl (C=O) groups is 1. The van der Waals surface area contributed by atoms with Crippen LogP contribution in [0, 0.1) is 27.7 Å². The predicted octanol–water partition coefficient (Wildman–Crippen LogP) is 11.7. The van der Waals surface area contributed by atoms with Crippen LogP contribution < -0.4 is 15.2 Å². The van der Waals surface area contributed by atoms with Crippen molar-refractivity contribution in [3.8, 4) is 23.1 Å². The summed E-state index contributed by atoms with van der Waals surface area (Å²) in [6, 6.07) is 15.4. The number of aromatic nitrogens is 8. The van der Waals surface area contributed by atoms with Crippen molar-refractivity contribution in [2.75, 3.05) is 64.9 Å². The van der Waals surface area contributed by atoms with Crippen LogP contribution in [-0.4, -0.2) is 120 Å². The minimum atomic E-state index is -0.787. The Kier molecular flexibility index (Phi) is 29.2. The zero-order valence-electron chi connectivity index (χ0n) is 39.3. The molecular weight excluding hydrogens is 1170 g/mol. The van der Waals surface area contributed by atoms with Gasteiger partial charge in [-0.3, -0.25) is 28.6 Å². The summed E-state index contributed by atoms with van der Waals surface area (Å²) in [6.45, 7) is 6.58. The lowest BCUT2D eigenvalue weighted by molar-refractivity contribution is -0.137. The van der Waals surface area contributed by atoms with E-state index in [1.54, 1.807) is 62.2 Å². The van der Waals surface area contributed by atoms with E-state index in [1.807, 2.05) is 93.3 Å². The smallest absolute Gasteiger partial charge is 0.317 e. The number of aromatic amines is 1. The van der Waals surface area contributed by atoms with Gasteiger partial charge in [0, 0.05) is 40.9 Å². The van der Waals surface area contributed by atoms with Gasteiger partial charge in [0.25, 0.3) is 0 Å². The molecule has 15 nitrogen and oxygen atoms in total. The summed E-state index contributed by atoms with van der Waals surface area (Å²) in [5.41, 5.74) is 12.1. The van der Waals surface area contributed by atoms with E-state index in [4.69, 9.17) is 25.4 Å². The zero-order chi connectivity index (χ0) is 52.0. The molecule has 8 rings (SSSR count). The first-order valence-electron chi connectivity index (χ1n) is 20.9. The highest BCUT2D eigenvalue weighted by Gasteiger charge is 2.08. The first kappa shape index (κ1) is 60.4. The van der Waals surface area contributed by atoms with Crippen LogP contribution in [0.3, 0.4) is 0 Å². The number of aromatic hydroxyl groups is 1. The fraction of sp³-hybridized carbons (Fsp3) is 0.271. The molecule has 0 amide bonds. The number of fused-ring (bicyclic) bond motifs is 2. The van der Waals surface area contributed by atoms with Gasteiger partial charge in [0.2, 0.25) is 0 Å². The average Bonchev–Trinajstić information content (AvgIpc) is 4.00. The molecule has 0 aliphatic carbocycles. The Labute approximate surface area is 438 Å². The quantitative estimate of drug-likeness (QED) is 0.0744. The second-order valence-corrected chi connectivity index (χ2v) is 17.6. The van der Waals surface area contributed by atoms with Gasteiger partial charge in [-0.05, 0) is 160 Å². The third kappa shape index (κ3) is 23.3. The number of carboxylic acid groups (broad SMARTS) is 1. The van der Waals surface area contributed by atoms with Gasteiger partial charge in [0.05, 0.1) is 67.1 Å². The fourth-order valence-corrected chi connectivity index (χ4v) is 6.49. The molecular formula is C48H55Br4F3N10O5. The fourth-order valence-electron chi connectivity index (χ4n) is 5.15. The number of anilines is 1. The van der Waals surface area contributed by atoms with Crippen LogP contribution in [0.5, 0.6) is 17.2 Å². The molecule has 0 radical (unpaired) electrons. The van der Waals surface area contributed by atoms with E-state index < -0.39 is 19.3 Å². The highest BCUT2D eigenvalue weighted by atomic mass is 79.9. The molecule has 70 heavy (non-hydrogen) atoms. The summed E-state index contributed by atoms with van der Waals surface area (Å²) in [7, 11) is 3.43. The highest BCUT2D eigenvalue weighted by Crippen LogP contribution is 2.23. The predicted molar refractivity (Wildman–Crippen MR) is 285 cm³/mol. The third-order valence-electron chi connectivity index (χ3n) is 8.54. The van der Waals surface area contributed by atoms with E-state index >= 15 is 0 Å². The Morgan fingerprint density at radius 1 is 0.714 bits per heavy atom. The summed E-state index contributed by atoms with van der Waals surface area (Å²) in [4.78, 5) is 38.6. The average molecular weight is 1230 g/mol. The molecule has 0 unspecified atom stereocenters. The van der Waals surface area contributed by atoms with Crippen molar-refractivity contribution in [3.05, 3.63) is 147 Å². The van der Waals surface area contributed by atoms with Crippen molar-refractivity contribution in [1.82, 2.24) is 44.4 Å². The molecule has 0 fully saturated rings. The lowest BCUT2D eigenvalue weighted by Gasteiger charge is -2.10. The molecule has 5 N–H and O–H groups in total. The molecule has 8 aromatic rings. The van der Waals surface area contributed by atoms with Crippen molar-refractivity contribution >= 4 is 97.2 Å². The van der Waals surface area contributed by atoms with Gasteiger partial charge in [-0.15, -0.1) is 0 Å². The normalized spacial score (nSPS) is 9.97. The first-order chi connectivity index (χ1) is 33.4. The largest absolute Gasteiger partial charge is 0.506 e. The molecule has 0 spiro atoms. The van der Waals surface area contributed by atoms with Crippen LogP contribution in [0.25, 0.3) is 27.6 Å². The molecule has 0 aliphatic rings. The number of hydrogen-bond donors (Lipinski definition) is 4. The van der Waals surface area contributed by atoms with Gasteiger partial charge in [-0.2, -0.15) is 0 Å². The maximum atomic E-state index is 12.1. The number of hydrogen-bond acceptors (Lipinski definition) is 12. The number of halogens is 7. The lowest BCUT2D eigenvalue weighted by atomic mass is 10.2. The van der Waals surface area contributed by atoms with E-state index in [1.165, 1.54) is 11.6 Å². The van der Waals surface area contributed by atoms with E-state index in [2.05, 4.69) is 98.6 Å². The van der Waals surface area contributed by atoms with Crippen LogP contribution >= 0.6 is 63.7 Å². The summed E-state index contributed by atoms with van der Waals surface area (Å²) >= 11 is 12.5. The summed E-state index contributed by atoms with van der Waals surface area (Å²) < 4.78 is 49.2. The van der Waals surface area contributed by atoms with Crippen molar-refractivity contribution in [3.63, 3.8) is 0 Å². The molecule has 22 heteroatoms. The number of ether oxygens (including phenoxy) is 2. The zero-order valence-corrected chi connectivity index (χ0v) is 45.6. The SMILES string of the molecule is CN(C)CC(=O)O.Cc1cc(-n2ccc3ccncc32)ncc1OCCF.Cc1cc(Br)ncc1N.Cc1cc(Br)ncc1O.Cc1cc(Br)ncc1OCCF.FCCBr.c1cc2cc[nH]c2cn1.